The van der Waals surface area contributed by atoms with Gasteiger partial charge in [-0.05, 0) is 56.6 Å². The van der Waals surface area contributed by atoms with E-state index in [4.69, 9.17) is 9.15 Å². The number of likely N-dealkylation sites (tertiary alicyclic amines) is 1. The highest BCUT2D eigenvalue weighted by atomic mass is 16.5. The lowest BCUT2D eigenvalue weighted by Crippen LogP contribution is -2.40. The molecule has 1 N–H and O–H groups in total. The molecule has 1 aliphatic heterocycles. The second-order valence-electron chi connectivity index (χ2n) is 6.71. The number of carbonyl (C=O) groups excluding carboxylic acids is 1. The Labute approximate surface area is 154 Å². The van der Waals surface area contributed by atoms with Crippen molar-refractivity contribution in [1.29, 1.82) is 0 Å². The van der Waals surface area contributed by atoms with E-state index in [9.17, 15) is 4.79 Å². The molecule has 1 aliphatic rings. The molecular formula is C20H27N3O3. The Morgan fingerprint density at radius 3 is 2.69 bits per heavy atom. The Hall–Kier alpha value is -2.34. The first-order chi connectivity index (χ1) is 12.7. The first-order valence-corrected chi connectivity index (χ1v) is 9.28. The van der Waals surface area contributed by atoms with Crippen molar-refractivity contribution >= 4 is 5.91 Å². The number of hydrogen-bond acceptors (Lipinski definition) is 5. The van der Waals surface area contributed by atoms with Gasteiger partial charge in [-0.15, -0.1) is 0 Å². The molecule has 26 heavy (non-hydrogen) atoms. The first-order valence-electron chi connectivity index (χ1n) is 9.28. The third kappa shape index (κ3) is 4.64. The monoisotopic (exact) mass is 357 g/mol. The second kappa shape index (κ2) is 8.85. The van der Waals surface area contributed by atoms with Crippen molar-refractivity contribution in [1.82, 2.24) is 15.2 Å². The highest BCUT2D eigenvalue weighted by molar-refractivity contribution is 5.78. The summed E-state index contributed by atoms with van der Waals surface area (Å²) >= 11 is 0. The van der Waals surface area contributed by atoms with Gasteiger partial charge in [0.2, 0.25) is 11.8 Å². The number of hydrogen-bond donors (Lipinski definition) is 1. The largest absolute Gasteiger partial charge is 0.497 e. The van der Waals surface area contributed by atoms with Crippen molar-refractivity contribution in [3.8, 4) is 17.2 Å². The summed E-state index contributed by atoms with van der Waals surface area (Å²) in [4.78, 5) is 19.0. The van der Waals surface area contributed by atoms with Gasteiger partial charge in [0.15, 0.2) is 0 Å². The number of carbonyl (C=O) groups is 1. The molecule has 0 spiro atoms. The molecule has 140 valence electrons. The normalized spacial score (nSPS) is 15.8. The Balaban J connectivity index is 1.51. The maximum atomic E-state index is 12.1. The number of rotatable bonds is 7. The van der Waals surface area contributed by atoms with Crippen molar-refractivity contribution in [2.75, 3.05) is 26.7 Å². The van der Waals surface area contributed by atoms with Crippen LogP contribution in [0.25, 0.3) is 11.5 Å². The summed E-state index contributed by atoms with van der Waals surface area (Å²) in [5, 5.41) is 3.00. The van der Waals surface area contributed by atoms with Gasteiger partial charge in [-0.3, -0.25) is 9.69 Å². The van der Waals surface area contributed by atoms with Crippen LogP contribution in [-0.2, 0) is 11.3 Å². The Kier molecular flexibility index (Phi) is 6.28. The topological polar surface area (TPSA) is 67.6 Å². The van der Waals surface area contributed by atoms with E-state index in [1.54, 1.807) is 13.4 Å². The first kappa shape index (κ1) is 18.5. The predicted molar refractivity (Wildman–Crippen MR) is 99.8 cm³/mol. The minimum absolute atomic E-state index is 0.143. The quantitative estimate of drug-likeness (QED) is 0.825. The molecule has 1 saturated heterocycles. The standard InChI is InChI=1S/C20H27N3O3/c1-3-10-21-19(24)15-8-11-23(12-9-15)13-17-14-26-20(22-17)16-4-6-18(25-2)7-5-16/h4-7,14-15H,3,8-13H2,1-2H3,(H,21,24). The Bertz CT molecular complexity index is 703. The molecule has 1 aromatic heterocycles. The van der Waals surface area contributed by atoms with E-state index in [0.717, 1.165) is 62.4 Å². The average Bonchev–Trinajstić information content (AvgIpc) is 3.15. The van der Waals surface area contributed by atoms with Crippen LogP contribution in [0.2, 0.25) is 0 Å². The highest BCUT2D eigenvalue weighted by Gasteiger charge is 2.25. The SMILES string of the molecule is CCCNC(=O)C1CCN(Cc2coc(-c3ccc(OC)cc3)n2)CC1. The van der Waals surface area contributed by atoms with Gasteiger partial charge in [0.25, 0.3) is 0 Å². The van der Waals surface area contributed by atoms with Crippen LogP contribution in [0.15, 0.2) is 34.9 Å². The zero-order chi connectivity index (χ0) is 18.4. The minimum atomic E-state index is 0.143. The summed E-state index contributed by atoms with van der Waals surface area (Å²) in [6.07, 6.45) is 4.50. The molecule has 1 fully saturated rings. The maximum absolute atomic E-state index is 12.1. The van der Waals surface area contributed by atoms with Crippen molar-refractivity contribution in [3.05, 3.63) is 36.2 Å². The minimum Gasteiger partial charge on any atom is -0.497 e. The zero-order valence-corrected chi connectivity index (χ0v) is 15.5. The molecular weight excluding hydrogens is 330 g/mol. The summed E-state index contributed by atoms with van der Waals surface area (Å²) in [6.45, 7) is 5.42. The number of benzene rings is 1. The molecule has 2 heterocycles. The molecule has 0 radical (unpaired) electrons. The second-order valence-corrected chi connectivity index (χ2v) is 6.71. The molecule has 1 aromatic carbocycles. The number of nitrogens with one attached hydrogen (secondary N) is 1. The number of nitrogens with zero attached hydrogens (tertiary/aromatic N) is 2. The fourth-order valence-electron chi connectivity index (χ4n) is 3.22. The lowest BCUT2D eigenvalue weighted by atomic mass is 9.96. The van der Waals surface area contributed by atoms with Crippen LogP contribution in [0.3, 0.4) is 0 Å². The van der Waals surface area contributed by atoms with Crippen molar-refractivity contribution < 1.29 is 13.9 Å². The van der Waals surface area contributed by atoms with E-state index in [-0.39, 0.29) is 11.8 Å². The van der Waals surface area contributed by atoms with Crippen LogP contribution in [-0.4, -0.2) is 42.5 Å². The number of aromatic nitrogens is 1. The molecule has 0 bridgehead atoms. The number of methoxy groups -OCH3 is 1. The molecule has 3 rings (SSSR count). The van der Waals surface area contributed by atoms with Crippen molar-refractivity contribution in [3.63, 3.8) is 0 Å². The molecule has 0 saturated carbocycles. The maximum Gasteiger partial charge on any atom is 0.226 e. The van der Waals surface area contributed by atoms with Gasteiger partial charge in [0.05, 0.1) is 12.8 Å². The van der Waals surface area contributed by atoms with Gasteiger partial charge in [-0.2, -0.15) is 0 Å². The average molecular weight is 357 g/mol. The molecule has 6 nitrogen and oxygen atoms in total. The lowest BCUT2D eigenvalue weighted by molar-refractivity contribution is -0.126. The van der Waals surface area contributed by atoms with Crippen LogP contribution in [0.5, 0.6) is 5.75 Å². The molecule has 1 amide bonds. The van der Waals surface area contributed by atoms with E-state index in [0.29, 0.717) is 5.89 Å². The van der Waals surface area contributed by atoms with Gasteiger partial charge in [-0.25, -0.2) is 4.98 Å². The van der Waals surface area contributed by atoms with Crippen LogP contribution in [0, 0.1) is 5.92 Å². The highest BCUT2D eigenvalue weighted by Crippen LogP contribution is 2.23. The van der Waals surface area contributed by atoms with E-state index >= 15 is 0 Å². The third-order valence-electron chi connectivity index (χ3n) is 4.78. The van der Waals surface area contributed by atoms with Gasteiger partial charge in [0, 0.05) is 24.6 Å². The van der Waals surface area contributed by atoms with Gasteiger partial charge in [-0.1, -0.05) is 6.92 Å². The summed E-state index contributed by atoms with van der Waals surface area (Å²) in [6, 6.07) is 7.67. The fourth-order valence-corrected chi connectivity index (χ4v) is 3.22. The number of piperidine rings is 1. The molecule has 0 atom stereocenters. The van der Waals surface area contributed by atoms with Crippen LogP contribution >= 0.6 is 0 Å². The fraction of sp³-hybridized carbons (Fsp3) is 0.500. The van der Waals surface area contributed by atoms with E-state index < -0.39 is 0 Å². The van der Waals surface area contributed by atoms with Crippen molar-refractivity contribution in [2.45, 2.75) is 32.7 Å². The zero-order valence-electron chi connectivity index (χ0n) is 15.5. The molecule has 2 aromatic rings. The number of ether oxygens (including phenoxy) is 1. The lowest BCUT2D eigenvalue weighted by Gasteiger charge is -2.30. The van der Waals surface area contributed by atoms with Crippen LogP contribution in [0.1, 0.15) is 31.9 Å². The molecule has 6 heteroatoms. The summed E-state index contributed by atoms with van der Waals surface area (Å²) < 4.78 is 10.8. The van der Waals surface area contributed by atoms with Crippen LogP contribution < -0.4 is 10.1 Å². The van der Waals surface area contributed by atoms with Gasteiger partial charge < -0.3 is 14.5 Å². The third-order valence-corrected chi connectivity index (χ3v) is 4.78. The van der Waals surface area contributed by atoms with Crippen LogP contribution in [0.4, 0.5) is 0 Å². The predicted octanol–water partition coefficient (Wildman–Crippen LogP) is 3.09. The van der Waals surface area contributed by atoms with E-state index in [2.05, 4.69) is 22.1 Å². The molecule has 0 aliphatic carbocycles. The smallest absolute Gasteiger partial charge is 0.226 e. The van der Waals surface area contributed by atoms with Gasteiger partial charge >= 0.3 is 0 Å². The number of amides is 1. The van der Waals surface area contributed by atoms with Gasteiger partial charge in [0.1, 0.15) is 12.0 Å². The van der Waals surface area contributed by atoms with E-state index in [1.807, 2.05) is 24.3 Å². The number of oxazole rings is 1. The Morgan fingerprint density at radius 1 is 1.31 bits per heavy atom. The van der Waals surface area contributed by atoms with E-state index in [1.165, 1.54) is 0 Å². The van der Waals surface area contributed by atoms with Crippen molar-refractivity contribution in [2.24, 2.45) is 5.92 Å². The summed E-state index contributed by atoms with van der Waals surface area (Å²) in [5.41, 5.74) is 1.85. The molecule has 0 unspecified atom stereocenters. The summed E-state index contributed by atoms with van der Waals surface area (Å²) in [5.74, 6) is 1.78. The summed E-state index contributed by atoms with van der Waals surface area (Å²) in [7, 11) is 1.65. The Morgan fingerprint density at radius 2 is 2.04 bits per heavy atom.